The van der Waals surface area contributed by atoms with E-state index in [1.165, 1.54) is 0 Å². The van der Waals surface area contributed by atoms with E-state index in [0.29, 0.717) is 12.1 Å². The lowest BCUT2D eigenvalue weighted by atomic mass is 10.1. The van der Waals surface area contributed by atoms with Crippen LogP contribution in [0.25, 0.3) is 0 Å². The number of carbonyl (C=O) groups excluding carboxylic acids is 1. The van der Waals surface area contributed by atoms with E-state index in [4.69, 9.17) is 0 Å². The summed E-state index contributed by atoms with van der Waals surface area (Å²) in [6.45, 7) is 4.79. The first-order valence-electron chi connectivity index (χ1n) is 6.82. The zero-order chi connectivity index (χ0) is 12.4. The predicted molar refractivity (Wildman–Crippen MR) is 66.7 cm³/mol. The van der Waals surface area contributed by atoms with Gasteiger partial charge in [0.05, 0.1) is 12.1 Å². The summed E-state index contributed by atoms with van der Waals surface area (Å²) in [5.41, 5.74) is 0. The Labute approximate surface area is 103 Å². The molecule has 2 aliphatic rings. The quantitative estimate of drug-likeness (QED) is 0.750. The molecule has 2 rings (SSSR count). The van der Waals surface area contributed by atoms with Gasteiger partial charge in [0, 0.05) is 12.1 Å². The van der Waals surface area contributed by atoms with Gasteiger partial charge in [-0.05, 0) is 52.5 Å². The van der Waals surface area contributed by atoms with Crippen molar-refractivity contribution in [2.24, 2.45) is 0 Å². The van der Waals surface area contributed by atoms with Gasteiger partial charge < -0.3 is 10.4 Å². The summed E-state index contributed by atoms with van der Waals surface area (Å²) >= 11 is 0. The van der Waals surface area contributed by atoms with Gasteiger partial charge in [-0.25, -0.2) is 0 Å². The zero-order valence-corrected chi connectivity index (χ0v) is 10.9. The Hall–Kier alpha value is -0.610. The maximum Gasteiger partial charge on any atom is 0.237 e. The molecule has 3 unspecified atom stereocenters. The first-order chi connectivity index (χ1) is 8.08. The molecule has 4 heteroatoms. The first-order valence-corrected chi connectivity index (χ1v) is 6.82. The number of nitrogens with zero attached hydrogens (tertiary/aromatic N) is 1. The lowest BCUT2D eigenvalue weighted by Crippen LogP contribution is -2.48. The molecule has 0 aromatic carbocycles. The van der Waals surface area contributed by atoms with Crippen LogP contribution in [0.15, 0.2) is 0 Å². The number of nitrogens with one attached hydrogen (secondary N) is 1. The number of aliphatic hydroxyl groups is 1. The third-order valence-corrected chi connectivity index (χ3v) is 3.84. The first kappa shape index (κ1) is 12.8. The van der Waals surface area contributed by atoms with Crippen molar-refractivity contribution in [3.8, 4) is 0 Å². The third-order valence-electron chi connectivity index (χ3n) is 3.84. The van der Waals surface area contributed by atoms with Crippen LogP contribution in [0.1, 0.15) is 46.0 Å². The van der Waals surface area contributed by atoms with Crippen molar-refractivity contribution in [1.82, 2.24) is 10.2 Å². The Bertz CT molecular complexity index is 277. The second kappa shape index (κ2) is 5.36. The standard InChI is InChI=1S/C13H24N2O2/c1-9(16)8-12-4-3-7-15(12)10(2)13(17)14-11-5-6-11/h9-12,16H,3-8H2,1-2H3,(H,14,17). The topological polar surface area (TPSA) is 52.6 Å². The van der Waals surface area contributed by atoms with Gasteiger partial charge in [-0.15, -0.1) is 0 Å². The Kier molecular flexibility index (Phi) is 4.05. The molecule has 17 heavy (non-hydrogen) atoms. The smallest absolute Gasteiger partial charge is 0.237 e. The lowest BCUT2D eigenvalue weighted by Gasteiger charge is -2.30. The van der Waals surface area contributed by atoms with Crippen LogP contribution in [-0.2, 0) is 4.79 Å². The van der Waals surface area contributed by atoms with Crippen molar-refractivity contribution < 1.29 is 9.90 Å². The summed E-state index contributed by atoms with van der Waals surface area (Å²) < 4.78 is 0. The van der Waals surface area contributed by atoms with Crippen LogP contribution in [0.4, 0.5) is 0 Å². The average molecular weight is 240 g/mol. The highest BCUT2D eigenvalue weighted by molar-refractivity contribution is 5.81. The number of rotatable bonds is 5. The van der Waals surface area contributed by atoms with Gasteiger partial charge in [-0.1, -0.05) is 0 Å². The molecule has 3 atom stereocenters. The maximum atomic E-state index is 12.0. The van der Waals surface area contributed by atoms with Gasteiger partial charge in [0.2, 0.25) is 5.91 Å². The highest BCUT2D eigenvalue weighted by atomic mass is 16.3. The van der Waals surface area contributed by atoms with Crippen molar-refractivity contribution in [2.45, 2.75) is 70.2 Å². The van der Waals surface area contributed by atoms with Gasteiger partial charge in [-0.3, -0.25) is 9.69 Å². The molecule has 1 heterocycles. The van der Waals surface area contributed by atoms with Crippen LogP contribution < -0.4 is 5.32 Å². The molecule has 1 aliphatic heterocycles. The summed E-state index contributed by atoms with van der Waals surface area (Å²) in [7, 11) is 0. The monoisotopic (exact) mass is 240 g/mol. The fourth-order valence-corrected chi connectivity index (χ4v) is 2.71. The minimum absolute atomic E-state index is 0.0538. The van der Waals surface area contributed by atoms with Gasteiger partial charge in [0.15, 0.2) is 0 Å². The second-order valence-electron chi connectivity index (χ2n) is 5.58. The van der Waals surface area contributed by atoms with E-state index in [9.17, 15) is 9.90 Å². The van der Waals surface area contributed by atoms with Gasteiger partial charge in [0.1, 0.15) is 0 Å². The Balaban J connectivity index is 1.87. The number of hydrogen-bond acceptors (Lipinski definition) is 3. The van der Waals surface area contributed by atoms with Crippen LogP contribution in [0, 0.1) is 0 Å². The molecule has 2 fully saturated rings. The molecule has 1 amide bonds. The van der Waals surface area contributed by atoms with Crippen LogP contribution >= 0.6 is 0 Å². The highest BCUT2D eigenvalue weighted by Crippen LogP contribution is 2.25. The van der Waals surface area contributed by atoms with Gasteiger partial charge in [-0.2, -0.15) is 0 Å². The van der Waals surface area contributed by atoms with Crippen molar-refractivity contribution in [1.29, 1.82) is 0 Å². The van der Waals surface area contributed by atoms with Crippen molar-refractivity contribution in [3.05, 3.63) is 0 Å². The lowest BCUT2D eigenvalue weighted by molar-refractivity contribution is -0.126. The Morgan fingerprint density at radius 1 is 1.41 bits per heavy atom. The molecule has 0 spiro atoms. The number of hydrogen-bond donors (Lipinski definition) is 2. The zero-order valence-electron chi connectivity index (χ0n) is 10.9. The highest BCUT2D eigenvalue weighted by Gasteiger charge is 2.34. The number of carbonyl (C=O) groups is 1. The fourth-order valence-electron chi connectivity index (χ4n) is 2.71. The average Bonchev–Trinajstić information content (AvgIpc) is 2.95. The SMILES string of the molecule is CC(O)CC1CCCN1C(C)C(=O)NC1CC1. The third kappa shape index (κ3) is 3.42. The number of likely N-dealkylation sites (tertiary alicyclic amines) is 1. The van der Waals surface area contributed by atoms with E-state index < -0.39 is 0 Å². The molecule has 1 aliphatic carbocycles. The van der Waals surface area contributed by atoms with Crippen LogP contribution in [0.2, 0.25) is 0 Å². The molecule has 0 radical (unpaired) electrons. The van der Waals surface area contributed by atoms with E-state index in [2.05, 4.69) is 10.2 Å². The van der Waals surface area contributed by atoms with Crippen LogP contribution in [-0.4, -0.2) is 46.7 Å². The van der Waals surface area contributed by atoms with E-state index in [0.717, 1.165) is 38.6 Å². The van der Waals surface area contributed by atoms with Gasteiger partial charge in [0.25, 0.3) is 0 Å². The minimum Gasteiger partial charge on any atom is -0.393 e. The Morgan fingerprint density at radius 2 is 2.12 bits per heavy atom. The summed E-state index contributed by atoms with van der Waals surface area (Å²) in [5, 5.41) is 12.5. The predicted octanol–water partition coefficient (Wildman–Crippen LogP) is 0.889. The molecule has 4 nitrogen and oxygen atoms in total. The maximum absolute atomic E-state index is 12.0. The van der Waals surface area contributed by atoms with Crippen molar-refractivity contribution >= 4 is 5.91 Å². The van der Waals surface area contributed by atoms with Gasteiger partial charge >= 0.3 is 0 Å². The van der Waals surface area contributed by atoms with E-state index in [1.807, 2.05) is 13.8 Å². The summed E-state index contributed by atoms with van der Waals surface area (Å²) in [5.74, 6) is 0.157. The molecule has 98 valence electrons. The van der Waals surface area contributed by atoms with Crippen molar-refractivity contribution in [3.63, 3.8) is 0 Å². The normalized spacial score (nSPS) is 29.0. The number of aliphatic hydroxyl groups excluding tert-OH is 1. The minimum atomic E-state index is -0.278. The molecular formula is C13H24N2O2. The molecule has 1 saturated heterocycles. The number of amides is 1. The molecule has 0 bridgehead atoms. The molecule has 0 aromatic rings. The van der Waals surface area contributed by atoms with Crippen molar-refractivity contribution in [2.75, 3.05) is 6.54 Å². The summed E-state index contributed by atoms with van der Waals surface area (Å²) in [6, 6.07) is 0.750. The second-order valence-corrected chi connectivity index (χ2v) is 5.58. The van der Waals surface area contributed by atoms with E-state index >= 15 is 0 Å². The summed E-state index contributed by atoms with van der Waals surface area (Å²) in [4.78, 5) is 14.3. The largest absolute Gasteiger partial charge is 0.393 e. The summed E-state index contributed by atoms with van der Waals surface area (Å²) in [6.07, 6.45) is 5.01. The van der Waals surface area contributed by atoms with E-state index in [-0.39, 0.29) is 18.1 Å². The van der Waals surface area contributed by atoms with E-state index in [1.54, 1.807) is 0 Å². The van der Waals surface area contributed by atoms with Crippen LogP contribution in [0.5, 0.6) is 0 Å². The molecule has 2 N–H and O–H groups in total. The fraction of sp³-hybridized carbons (Fsp3) is 0.923. The molecule has 1 saturated carbocycles. The molecule has 0 aromatic heterocycles. The Morgan fingerprint density at radius 3 is 2.71 bits per heavy atom. The molecular weight excluding hydrogens is 216 g/mol. The van der Waals surface area contributed by atoms with Crippen LogP contribution in [0.3, 0.4) is 0 Å².